The van der Waals surface area contributed by atoms with Crippen LogP contribution in [0.3, 0.4) is 0 Å². The van der Waals surface area contributed by atoms with Crippen LogP contribution in [-0.4, -0.2) is 29.4 Å². The lowest BCUT2D eigenvalue weighted by Crippen LogP contribution is -2.26. The van der Waals surface area contributed by atoms with Crippen molar-refractivity contribution in [2.45, 2.75) is 18.0 Å². The van der Waals surface area contributed by atoms with Gasteiger partial charge < -0.3 is 9.67 Å². The second-order valence-corrected chi connectivity index (χ2v) is 7.31. The Morgan fingerprint density at radius 1 is 1.33 bits per heavy atom. The Bertz CT molecular complexity index is 740. The van der Waals surface area contributed by atoms with E-state index in [9.17, 15) is 8.42 Å². The van der Waals surface area contributed by atoms with Crippen molar-refractivity contribution in [1.82, 2.24) is 8.87 Å². The molecule has 0 bridgehead atoms. The van der Waals surface area contributed by atoms with Gasteiger partial charge in [-0.25, -0.2) is 8.42 Å². The van der Waals surface area contributed by atoms with E-state index in [1.54, 1.807) is 29.8 Å². The lowest BCUT2D eigenvalue weighted by molar-refractivity contribution is 0.272. The maximum atomic E-state index is 12.5. The Hall–Kier alpha value is -1.34. The molecule has 0 aliphatic heterocycles. The summed E-state index contributed by atoms with van der Waals surface area (Å²) in [7, 11) is -0.392. The molecule has 1 aromatic heterocycles. The highest BCUT2D eigenvalue weighted by Crippen LogP contribution is 2.20. The van der Waals surface area contributed by atoms with Gasteiger partial charge in [-0.05, 0) is 23.8 Å². The summed E-state index contributed by atoms with van der Waals surface area (Å²) in [5.74, 6) is 0. The third-order valence-corrected chi connectivity index (χ3v) is 5.25. The van der Waals surface area contributed by atoms with Crippen LogP contribution in [0.4, 0.5) is 0 Å². The van der Waals surface area contributed by atoms with E-state index in [1.165, 1.54) is 23.6 Å². The minimum atomic E-state index is -3.60. The quantitative estimate of drug-likeness (QED) is 0.913. The van der Waals surface area contributed by atoms with Crippen molar-refractivity contribution < 1.29 is 13.5 Å². The van der Waals surface area contributed by atoms with Crippen molar-refractivity contribution in [3.63, 3.8) is 0 Å². The van der Waals surface area contributed by atoms with Crippen molar-refractivity contribution in [2.75, 3.05) is 7.05 Å². The lowest BCUT2D eigenvalue weighted by atomic mass is 10.2. The second-order valence-electron chi connectivity index (χ2n) is 4.83. The minimum Gasteiger partial charge on any atom is -0.390 e. The molecule has 0 unspecified atom stereocenters. The SMILES string of the molecule is CN(Cc1cccc(Cl)c1)S(=O)(=O)c1cc(CO)n(C)c1. The molecule has 1 aromatic carbocycles. The maximum absolute atomic E-state index is 12.5. The van der Waals surface area contributed by atoms with E-state index in [0.717, 1.165) is 5.56 Å². The predicted octanol–water partition coefficient (Wildman–Crippen LogP) is 1.99. The Labute approximate surface area is 129 Å². The van der Waals surface area contributed by atoms with Crippen LogP contribution in [0.25, 0.3) is 0 Å². The average Bonchev–Trinajstić information content (AvgIpc) is 2.80. The highest BCUT2D eigenvalue weighted by Gasteiger charge is 2.23. The van der Waals surface area contributed by atoms with Crippen LogP contribution in [0.1, 0.15) is 11.3 Å². The molecule has 0 radical (unpaired) electrons. The standard InChI is InChI=1S/C14H17ClN2O3S/c1-16-9-14(7-13(16)10-18)21(19,20)17(2)8-11-4-3-5-12(15)6-11/h3-7,9,18H,8,10H2,1-2H3. The molecule has 0 spiro atoms. The van der Waals surface area contributed by atoms with Crippen LogP contribution in [-0.2, 0) is 30.2 Å². The fourth-order valence-electron chi connectivity index (χ4n) is 2.03. The van der Waals surface area contributed by atoms with E-state index in [2.05, 4.69) is 0 Å². The number of nitrogens with zero attached hydrogens (tertiary/aromatic N) is 2. The normalized spacial score (nSPS) is 12.0. The average molecular weight is 329 g/mol. The summed E-state index contributed by atoms with van der Waals surface area (Å²) in [5, 5.41) is 9.73. The fourth-order valence-corrected chi connectivity index (χ4v) is 3.50. The largest absolute Gasteiger partial charge is 0.390 e. The topological polar surface area (TPSA) is 62.5 Å². The first-order chi connectivity index (χ1) is 9.84. The first kappa shape index (κ1) is 16.0. The molecule has 0 amide bonds. The summed E-state index contributed by atoms with van der Waals surface area (Å²) < 4.78 is 27.9. The molecule has 114 valence electrons. The number of hydrogen-bond donors (Lipinski definition) is 1. The van der Waals surface area contributed by atoms with Gasteiger partial charge in [0.05, 0.1) is 6.61 Å². The highest BCUT2D eigenvalue weighted by molar-refractivity contribution is 7.89. The minimum absolute atomic E-state index is 0.165. The van der Waals surface area contributed by atoms with Gasteiger partial charge in [0.1, 0.15) is 4.90 Å². The molecule has 7 heteroatoms. The number of aromatic nitrogens is 1. The molecule has 0 aliphatic rings. The van der Waals surface area contributed by atoms with E-state index >= 15 is 0 Å². The van der Waals surface area contributed by atoms with Gasteiger partial charge in [0.25, 0.3) is 0 Å². The maximum Gasteiger partial charge on any atom is 0.244 e. The van der Waals surface area contributed by atoms with Crippen LogP contribution in [0.5, 0.6) is 0 Å². The summed E-state index contributed by atoms with van der Waals surface area (Å²) in [6, 6.07) is 8.55. The lowest BCUT2D eigenvalue weighted by Gasteiger charge is -2.16. The Balaban J connectivity index is 2.26. The molecule has 0 atom stereocenters. The van der Waals surface area contributed by atoms with Crippen molar-refractivity contribution >= 4 is 21.6 Å². The van der Waals surface area contributed by atoms with Gasteiger partial charge in [0.2, 0.25) is 10.0 Å². The molecule has 0 fully saturated rings. The number of aliphatic hydroxyl groups excluding tert-OH is 1. The van der Waals surface area contributed by atoms with Gasteiger partial charge in [0, 0.05) is 37.6 Å². The Morgan fingerprint density at radius 3 is 2.62 bits per heavy atom. The van der Waals surface area contributed by atoms with Gasteiger partial charge in [0.15, 0.2) is 0 Å². The summed E-state index contributed by atoms with van der Waals surface area (Å²) in [4.78, 5) is 0.165. The summed E-state index contributed by atoms with van der Waals surface area (Å²) in [6.07, 6.45) is 1.50. The van der Waals surface area contributed by atoms with Gasteiger partial charge >= 0.3 is 0 Å². The van der Waals surface area contributed by atoms with Crippen molar-refractivity contribution in [1.29, 1.82) is 0 Å². The molecule has 0 saturated carbocycles. The van der Waals surface area contributed by atoms with Gasteiger partial charge in [-0.2, -0.15) is 4.31 Å². The number of aryl methyl sites for hydroxylation is 1. The summed E-state index contributed by atoms with van der Waals surface area (Å²) in [5.41, 5.74) is 1.36. The molecule has 2 rings (SSSR count). The number of benzene rings is 1. The molecule has 1 N–H and O–H groups in total. The fraction of sp³-hybridized carbons (Fsp3) is 0.286. The Kier molecular flexibility index (Phi) is 4.73. The molecule has 5 nitrogen and oxygen atoms in total. The number of sulfonamides is 1. The van der Waals surface area contributed by atoms with Gasteiger partial charge in [-0.1, -0.05) is 23.7 Å². The predicted molar refractivity (Wildman–Crippen MR) is 81.4 cm³/mol. The zero-order chi connectivity index (χ0) is 15.6. The third kappa shape index (κ3) is 3.47. The number of aliphatic hydroxyl groups is 1. The first-order valence-corrected chi connectivity index (χ1v) is 8.13. The first-order valence-electron chi connectivity index (χ1n) is 6.31. The highest BCUT2D eigenvalue weighted by atomic mass is 35.5. The molecule has 1 heterocycles. The number of hydrogen-bond acceptors (Lipinski definition) is 3. The van der Waals surface area contributed by atoms with Gasteiger partial charge in [-0.15, -0.1) is 0 Å². The molecule has 21 heavy (non-hydrogen) atoms. The van der Waals surface area contributed by atoms with Crippen LogP contribution in [0, 0.1) is 0 Å². The zero-order valence-electron chi connectivity index (χ0n) is 11.8. The molecular weight excluding hydrogens is 312 g/mol. The summed E-state index contributed by atoms with van der Waals surface area (Å²) in [6.45, 7) is 0.0241. The van der Waals surface area contributed by atoms with E-state index in [4.69, 9.17) is 16.7 Å². The van der Waals surface area contributed by atoms with Crippen LogP contribution in [0.15, 0.2) is 41.4 Å². The summed E-state index contributed by atoms with van der Waals surface area (Å²) >= 11 is 5.90. The van der Waals surface area contributed by atoms with Gasteiger partial charge in [-0.3, -0.25) is 0 Å². The van der Waals surface area contributed by atoms with E-state index < -0.39 is 10.0 Å². The molecule has 0 saturated heterocycles. The molecular formula is C14H17ClN2O3S. The van der Waals surface area contributed by atoms with Crippen LogP contribution >= 0.6 is 11.6 Å². The molecule has 0 aliphatic carbocycles. The van der Waals surface area contributed by atoms with E-state index in [-0.39, 0.29) is 18.0 Å². The monoisotopic (exact) mass is 328 g/mol. The smallest absolute Gasteiger partial charge is 0.244 e. The van der Waals surface area contributed by atoms with Crippen molar-refractivity contribution in [3.05, 3.63) is 52.8 Å². The van der Waals surface area contributed by atoms with Crippen molar-refractivity contribution in [2.24, 2.45) is 7.05 Å². The van der Waals surface area contributed by atoms with Crippen molar-refractivity contribution in [3.8, 4) is 0 Å². The Morgan fingerprint density at radius 2 is 2.05 bits per heavy atom. The van der Waals surface area contributed by atoms with Crippen LogP contribution < -0.4 is 0 Å². The number of rotatable bonds is 5. The number of halogens is 1. The third-order valence-electron chi connectivity index (χ3n) is 3.25. The second kappa shape index (κ2) is 6.19. The molecule has 2 aromatic rings. The van der Waals surface area contributed by atoms with Crippen LogP contribution in [0.2, 0.25) is 5.02 Å². The zero-order valence-corrected chi connectivity index (χ0v) is 13.4. The van der Waals surface area contributed by atoms with E-state index in [1.807, 2.05) is 6.07 Å². The van der Waals surface area contributed by atoms with E-state index in [0.29, 0.717) is 10.7 Å².